The summed E-state index contributed by atoms with van der Waals surface area (Å²) in [6, 6.07) is 0.228. The molecule has 3 heteroatoms. The van der Waals surface area contributed by atoms with E-state index in [0.29, 0.717) is 0 Å². The maximum atomic E-state index is 6.03. The summed E-state index contributed by atoms with van der Waals surface area (Å²) in [4.78, 5) is 0. The molecule has 1 aliphatic heterocycles. The fourth-order valence-corrected chi connectivity index (χ4v) is 2.29. The zero-order chi connectivity index (χ0) is 12.4. The summed E-state index contributed by atoms with van der Waals surface area (Å²) in [5, 5.41) is 3.43. The van der Waals surface area contributed by atoms with Gasteiger partial charge in [-0.2, -0.15) is 0 Å². The fraction of sp³-hybridized carbons (Fsp3) is 0.846. The normalized spacial score (nSPS) is 26.4. The van der Waals surface area contributed by atoms with Crippen LogP contribution in [0.1, 0.15) is 27.2 Å². The first-order valence-corrected chi connectivity index (χ1v) is 9.61. The Morgan fingerprint density at radius 2 is 1.88 bits per heavy atom. The van der Waals surface area contributed by atoms with Crippen LogP contribution in [0.2, 0.25) is 19.6 Å². The standard InChI is InChI=1S/C13H25NOSi/c1-13(2,3)15-12-7-9-14-11(12)8-10-16(4,5)6/h11-12,14H,7,9H2,1-6H3/t11-,12+/m1/s1. The predicted octanol–water partition coefficient (Wildman–Crippen LogP) is 2.41. The first-order valence-electron chi connectivity index (χ1n) is 6.11. The van der Waals surface area contributed by atoms with E-state index in [1.165, 1.54) is 0 Å². The van der Waals surface area contributed by atoms with E-state index >= 15 is 0 Å². The fourth-order valence-electron chi connectivity index (χ4n) is 1.70. The highest BCUT2D eigenvalue weighted by molar-refractivity contribution is 6.83. The van der Waals surface area contributed by atoms with Crippen molar-refractivity contribution in [2.24, 2.45) is 0 Å². The van der Waals surface area contributed by atoms with E-state index in [9.17, 15) is 0 Å². The van der Waals surface area contributed by atoms with Gasteiger partial charge in [0.1, 0.15) is 8.07 Å². The second-order valence-electron chi connectivity index (χ2n) is 6.51. The lowest BCUT2D eigenvalue weighted by atomic mass is 10.1. The molecule has 0 aromatic heterocycles. The van der Waals surface area contributed by atoms with Crippen molar-refractivity contribution in [2.45, 2.75) is 64.6 Å². The highest BCUT2D eigenvalue weighted by Crippen LogP contribution is 2.19. The van der Waals surface area contributed by atoms with Crippen LogP contribution in [0.15, 0.2) is 0 Å². The molecule has 0 bridgehead atoms. The third-order valence-corrected chi connectivity index (χ3v) is 3.17. The van der Waals surface area contributed by atoms with Gasteiger partial charge in [-0.3, -0.25) is 0 Å². The van der Waals surface area contributed by atoms with Crippen molar-refractivity contribution in [1.82, 2.24) is 5.32 Å². The molecule has 92 valence electrons. The van der Waals surface area contributed by atoms with Crippen LogP contribution in [-0.2, 0) is 4.74 Å². The highest BCUT2D eigenvalue weighted by atomic mass is 28.3. The van der Waals surface area contributed by atoms with Crippen molar-refractivity contribution in [1.29, 1.82) is 0 Å². The lowest BCUT2D eigenvalue weighted by molar-refractivity contribution is -0.0572. The van der Waals surface area contributed by atoms with E-state index in [0.717, 1.165) is 13.0 Å². The van der Waals surface area contributed by atoms with Gasteiger partial charge in [-0.25, -0.2) is 0 Å². The van der Waals surface area contributed by atoms with E-state index < -0.39 is 8.07 Å². The minimum absolute atomic E-state index is 0.0736. The van der Waals surface area contributed by atoms with E-state index in [-0.39, 0.29) is 17.7 Å². The Hall–Kier alpha value is -0.303. The zero-order valence-electron chi connectivity index (χ0n) is 11.5. The van der Waals surface area contributed by atoms with Gasteiger partial charge in [-0.05, 0) is 33.7 Å². The van der Waals surface area contributed by atoms with E-state index in [1.54, 1.807) is 0 Å². The number of nitrogens with one attached hydrogen (secondary N) is 1. The Morgan fingerprint density at radius 3 is 2.38 bits per heavy atom. The molecule has 16 heavy (non-hydrogen) atoms. The molecular weight excluding hydrogens is 214 g/mol. The molecule has 1 heterocycles. The zero-order valence-corrected chi connectivity index (χ0v) is 12.5. The molecule has 1 aliphatic rings. The van der Waals surface area contributed by atoms with Crippen LogP contribution in [0.5, 0.6) is 0 Å². The van der Waals surface area contributed by atoms with Gasteiger partial charge in [0, 0.05) is 0 Å². The number of hydrogen-bond donors (Lipinski definition) is 1. The number of hydrogen-bond acceptors (Lipinski definition) is 2. The summed E-state index contributed by atoms with van der Waals surface area (Å²) in [7, 11) is -1.27. The second kappa shape index (κ2) is 4.91. The molecule has 1 fully saturated rings. The summed E-state index contributed by atoms with van der Waals surface area (Å²) in [6.07, 6.45) is 1.33. The van der Waals surface area contributed by atoms with Crippen LogP contribution in [0, 0.1) is 11.5 Å². The lowest BCUT2D eigenvalue weighted by Crippen LogP contribution is -2.36. The van der Waals surface area contributed by atoms with Crippen LogP contribution in [0.25, 0.3) is 0 Å². The monoisotopic (exact) mass is 239 g/mol. The summed E-state index contributed by atoms with van der Waals surface area (Å²) >= 11 is 0. The molecule has 0 saturated carbocycles. The van der Waals surface area contributed by atoms with Gasteiger partial charge in [0.25, 0.3) is 0 Å². The largest absolute Gasteiger partial charge is 0.370 e. The lowest BCUT2D eigenvalue weighted by Gasteiger charge is -2.26. The number of rotatable bonds is 1. The Bertz CT molecular complexity index is 290. The molecule has 2 atom stereocenters. The molecule has 0 radical (unpaired) electrons. The Kier molecular flexibility index (Phi) is 4.22. The molecule has 0 spiro atoms. The summed E-state index contributed by atoms with van der Waals surface area (Å²) in [5.41, 5.74) is 3.35. The maximum Gasteiger partial charge on any atom is 0.129 e. The van der Waals surface area contributed by atoms with Crippen molar-refractivity contribution in [3.05, 3.63) is 0 Å². The van der Waals surface area contributed by atoms with Crippen LogP contribution in [-0.4, -0.2) is 32.4 Å². The summed E-state index contributed by atoms with van der Waals surface area (Å²) in [6.45, 7) is 14.2. The van der Waals surface area contributed by atoms with Crippen LogP contribution in [0.3, 0.4) is 0 Å². The minimum atomic E-state index is -1.27. The highest BCUT2D eigenvalue weighted by Gasteiger charge is 2.30. The molecule has 0 aliphatic carbocycles. The molecule has 0 aromatic carbocycles. The Balaban J connectivity index is 2.62. The Labute approximate surface area is 101 Å². The second-order valence-corrected chi connectivity index (χ2v) is 11.3. The van der Waals surface area contributed by atoms with Crippen molar-refractivity contribution < 1.29 is 4.74 Å². The smallest absolute Gasteiger partial charge is 0.129 e. The van der Waals surface area contributed by atoms with E-state index in [1.807, 2.05) is 0 Å². The van der Waals surface area contributed by atoms with Gasteiger partial charge in [-0.1, -0.05) is 25.6 Å². The average Bonchev–Trinajstić information content (AvgIpc) is 2.44. The molecule has 1 rings (SSSR count). The third kappa shape index (κ3) is 5.15. The number of ether oxygens (including phenoxy) is 1. The van der Waals surface area contributed by atoms with Gasteiger partial charge < -0.3 is 10.1 Å². The van der Waals surface area contributed by atoms with Gasteiger partial charge in [-0.15, -0.1) is 5.54 Å². The topological polar surface area (TPSA) is 21.3 Å². The van der Waals surface area contributed by atoms with E-state index in [2.05, 4.69) is 57.2 Å². The van der Waals surface area contributed by atoms with Gasteiger partial charge in [0.05, 0.1) is 17.7 Å². The van der Waals surface area contributed by atoms with E-state index in [4.69, 9.17) is 4.74 Å². The SMILES string of the molecule is CC(C)(C)O[C@H]1CCN[C@@H]1C#C[Si](C)(C)C. The molecule has 0 amide bonds. The summed E-state index contributed by atoms with van der Waals surface area (Å²) < 4.78 is 6.03. The van der Waals surface area contributed by atoms with Gasteiger partial charge in [0.2, 0.25) is 0 Å². The first-order chi connectivity index (χ1) is 7.17. The third-order valence-electron chi connectivity index (χ3n) is 2.27. The molecule has 2 nitrogen and oxygen atoms in total. The molecule has 0 unspecified atom stereocenters. The van der Waals surface area contributed by atoms with Crippen molar-refractivity contribution in [3.63, 3.8) is 0 Å². The maximum absolute atomic E-state index is 6.03. The van der Waals surface area contributed by atoms with Crippen LogP contribution >= 0.6 is 0 Å². The van der Waals surface area contributed by atoms with Crippen molar-refractivity contribution in [2.75, 3.05) is 6.54 Å². The average molecular weight is 239 g/mol. The van der Waals surface area contributed by atoms with Gasteiger partial charge in [0.15, 0.2) is 0 Å². The predicted molar refractivity (Wildman–Crippen MR) is 72.2 cm³/mol. The molecule has 1 saturated heterocycles. The van der Waals surface area contributed by atoms with Crippen LogP contribution in [0.4, 0.5) is 0 Å². The van der Waals surface area contributed by atoms with Crippen molar-refractivity contribution >= 4 is 8.07 Å². The van der Waals surface area contributed by atoms with Crippen LogP contribution < -0.4 is 5.32 Å². The molecule has 0 aromatic rings. The molecule has 1 N–H and O–H groups in total. The van der Waals surface area contributed by atoms with Gasteiger partial charge >= 0.3 is 0 Å². The minimum Gasteiger partial charge on any atom is -0.370 e. The Morgan fingerprint density at radius 1 is 1.25 bits per heavy atom. The molecular formula is C13H25NOSi. The van der Waals surface area contributed by atoms with Crippen molar-refractivity contribution in [3.8, 4) is 11.5 Å². The quantitative estimate of drug-likeness (QED) is 0.560. The summed E-state index contributed by atoms with van der Waals surface area (Å²) in [5.74, 6) is 3.37. The first kappa shape index (κ1) is 13.8.